The van der Waals surface area contributed by atoms with Crippen LogP contribution in [0.2, 0.25) is 0 Å². The molecule has 0 bridgehead atoms. The predicted octanol–water partition coefficient (Wildman–Crippen LogP) is -1.26. The Morgan fingerprint density at radius 1 is 1.28 bits per heavy atom. The Balaban J connectivity index is 0.00000392. The third-order valence-corrected chi connectivity index (χ3v) is 6.51. The van der Waals surface area contributed by atoms with Crippen LogP contribution in [0.15, 0.2) is 0 Å². The zero-order valence-corrected chi connectivity index (χ0v) is 19.0. The Bertz CT molecular complexity index is 503. The van der Waals surface area contributed by atoms with Crippen molar-refractivity contribution in [3.05, 3.63) is 0 Å². The summed E-state index contributed by atoms with van der Waals surface area (Å²) in [6.45, 7) is 4.48. The predicted molar refractivity (Wildman–Crippen MR) is 114 cm³/mol. The lowest BCUT2D eigenvalue weighted by Gasteiger charge is -2.44. The Morgan fingerprint density at radius 2 is 1.90 bits per heavy atom. The molecule has 29 heavy (non-hydrogen) atoms. The summed E-state index contributed by atoms with van der Waals surface area (Å²) in [5.74, 6) is 0.245. The van der Waals surface area contributed by atoms with E-state index in [1.54, 1.807) is 6.26 Å². The molecule has 0 aromatic carbocycles. The number of likely N-dealkylation sites (N-methyl/N-ethyl adjacent to an activating group) is 1. The lowest BCUT2D eigenvalue weighted by molar-refractivity contribution is -0.211. The monoisotopic (exact) mass is 460 g/mol. The SMILES string of the molecule is CCC[C@@H]1C[C@@H](C(=O)N[C@@H]([C@H]2O[C@H](SC)[C@@H](O)[C@@H](O)[C@H]2O)[C@@H](C)O)N(C)C1.Cl.O. The van der Waals surface area contributed by atoms with E-state index < -0.39 is 42.0 Å². The number of nitrogens with zero attached hydrogens (tertiary/aromatic N) is 1. The molecule has 0 aliphatic carbocycles. The topological polar surface area (TPSA) is 154 Å². The lowest BCUT2D eigenvalue weighted by atomic mass is 9.92. The molecule has 0 saturated carbocycles. The number of likely N-dealkylation sites (tertiary alicyclic amines) is 1. The molecule has 2 aliphatic heterocycles. The molecule has 174 valence electrons. The van der Waals surface area contributed by atoms with Gasteiger partial charge in [0.1, 0.15) is 29.9 Å². The summed E-state index contributed by atoms with van der Waals surface area (Å²) >= 11 is 1.20. The van der Waals surface area contributed by atoms with E-state index in [1.165, 1.54) is 18.7 Å². The number of carbonyl (C=O) groups excluding carboxylic acids is 1. The average Bonchev–Trinajstić information content (AvgIpc) is 2.99. The summed E-state index contributed by atoms with van der Waals surface area (Å²) in [6.07, 6.45) is -1.50. The molecular formula is C18H37ClN2O7S. The highest BCUT2D eigenvalue weighted by molar-refractivity contribution is 7.99. The van der Waals surface area contributed by atoms with E-state index in [0.717, 1.165) is 25.8 Å². The van der Waals surface area contributed by atoms with Crippen molar-refractivity contribution < 1.29 is 35.4 Å². The molecule has 0 aromatic heterocycles. The van der Waals surface area contributed by atoms with Gasteiger partial charge in [-0.05, 0) is 39.0 Å². The summed E-state index contributed by atoms with van der Waals surface area (Å²) in [5, 5.41) is 43.5. The maximum Gasteiger partial charge on any atom is 0.237 e. The van der Waals surface area contributed by atoms with Gasteiger partial charge in [0, 0.05) is 6.54 Å². The molecule has 2 heterocycles. The molecule has 0 unspecified atom stereocenters. The van der Waals surface area contributed by atoms with Crippen molar-refractivity contribution in [3.63, 3.8) is 0 Å². The number of rotatable bonds is 7. The van der Waals surface area contributed by atoms with Crippen molar-refractivity contribution in [2.45, 2.75) is 81.1 Å². The third-order valence-electron chi connectivity index (χ3n) is 5.66. The molecule has 2 saturated heterocycles. The molecule has 2 fully saturated rings. The second-order valence-corrected chi connectivity index (χ2v) is 8.73. The summed E-state index contributed by atoms with van der Waals surface area (Å²) in [4.78, 5) is 14.9. The molecule has 7 N–H and O–H groups in total. The van der Waals surface area contributed by atoms with Crippen LogP contribution in [-0.2, 0) is 9.53 Å². The molecule has 11 heteroatoms. The van der Waals surface area contributed by atoms with Gasteiger partial charge in [-0.2, -0.15) is 0 Å². The third kappa shape index (κ3) is 6.65. The fraction of sp³-hybridized carbons (Fsp3) is 0.944. The number of halogens is 1. The number of hydrogen-bond donors (Lipinski definition) is 5. The zero-order chi connectivity index (χ0) is 20.3. The Morgan fingerprint density at radius 3 is 2.41 bits per heavy atom. The van der Waals surface area contributed by atoms with E-state index in [4.69, 9.17) is 4.74 Å². The fourth-order valence-electron chi connectivity index (χ4n) is 4.13. The van der Waals surface area contributed by atoms with Crippen LogP contribution >= 0.6 is 24.2 Å². The summed E-state index contributed by atoms with van der Waals surface area (Å²) in [5.41, 5.74) is -0.755. The van der Waals surface area contributed by atoms with Crippen molar-refractivity contribution in [3.8, 4) is 0 Å². The Hall–Kier alpha value is -0.170. The minimum absolute atomic E-state index is 0. The van der Waals surface area contributed by atoms with Gasteiger partial charge in [0.25, 0.3) is 0 Å². The molecule has 0 spiro atoms. The molecule has 0 radical (unpaired) electrons. The minimum atomic E-state index is -1.42. The van der Waals surface area contributed by atoms with Gasteiger partial charge in [-0.25, -0.2) is 0 Å². The number of carbonyl (C=O) groups is 1. The summed E-state index contributed by atoms with van der Waals surface area (Å²) in [7, 11) is 1.91. The van der Waals surface area contributed by atoms with Crippen LogP contribution < -0.4 is 5.32 Å². The molecule has 9 atom stereocenters. The minimum Gasteiger partial charge on any atom is -0.412 e. The van der Waals surface area contributed by atoms with Gasteiger partial charge >= 0.3 is 0 Å². The van der Waals surface area contributed by atoms with Gasteiger partial charge < -0.3 is 36.0 Å². The average molecular weight is 461 g/mol. The zero-order valence-electron chi connectivity index (χ0n) is 17.4. The molecule has 2 aliphatic rings. The second-order valence-electron chi connectivity index (χ2n) is 7.80. The molecular weight excluding hydrogens is 424 g/mol. The number of aliphatic hydroxyl groups is 4. The first-order valence-corrected chi connectivity index (χ1v) is 10.9. The van der Waals surface area contributed by atoms with Crippen LogP contribution in [-0.4, -0.2) is 105 Å². The van der Waals surface area contributed by atoms with Crippen LogP contribution in [0.4, 0.5) is 0 Å². The van der Waals surface area contributed by atoms with Crippen LogP contribution in [0.3, 0.4) is 0 Å². The number of thioether (sulfide) groups is 1. The van der Waals surface area contributed by atoms with Gasteiger partial charge in [-0.1, -0.05) is 13.3 Å². The van der Waals surface area contributed by atoms with Gasteiger partial charge in [-0.15, -0.1) is 24.2 Å². The van der Waals surface area contributed by atoms with Gasteiger partial charge in [0.05, 0.1) is 18.2 Å². The Kier molecular flexibility index (Phi) is 12.6. The molecule has 9 nitrogen and oxygen atoms in total. The van der Waals surface area contributed by atoms with E-state index >= 15 is 0 Å². The van der Waals surface area contributed by atoms with Gasteiger partial charge in [0.15, 0.2) is 0 Å². The highest BCUT2D eigenvalue weighted by Crippen LogP contribution is 2.30. The number of ether oxygens (including phenoxy) is 1. The second kappa shape index (κ2) is 12.6. The standard InChI is InChI=1S/C18H34N2O6S.ClH.H2O/c1-5-6-10-7-11(20(3)8-10)17(25)19-12(9(2)21)16-14(23)13(22)15(24)18(26-16)27-4;;/h9-16,18,21-24H,5-8H2,1-4H3,(H,19,25);1H;1H2/t9-,10-,11+,12-,13+,14-,15+,16-,18-;;/m1../s1. The first kappa shape index (κ1) is 28.8. The van der Waals surface area contributed by atoms with Gasteiger partial charge in [0.2, 0.25) is 5.91 Å². The summed E-state index contributed by atoms with van der Waals surface area (Å²) in [6, 6.07) is -1.20. The van der Waals surface area contributed by atoms with Crippen molar-refractivity contribution in [1.82, 2.24) is 10.2 Å². The van der Waals surface area contributed by atoms with Crippen LogP contribution in [0.5, 0.6) is 0 Å². The maximum absolute atomic E-state index is 12.8. The number of nitrogens with one attached hydrogen (secondary N) is 1. The van der Waals surface area contributed by atoms with Crippen molar-refractivity contribution in [2.75, 3.05) is 19.8 Å². The van der Waals surface area contributed by atoms with E-state index in [9.17, 15) is 25.2 Å². The Labute approximate surface area is 182 Å². The first-order valence-electron chi connectivity index (χ1n) is 9.62. The first-order chi connectivity index (χ1) is 12.7. The highest BCUT2D eigenvalue weighted by atomic mass is 35.5. The fourth-order valence-corrected chi connectivity index (χ4v) is 4.81. The molecule has 2 rings (SSSR count). The van der Waals surface area contributed by atoms with E-state index in [-0.39, 0.29) is 29.8 Å². The molecule has 1 amide bonds. The lowest BCUT2D eigenvalue weighted by Crippen LogP contribution is -2.65. The number of amides is 1. The normalized spacial score (nSPS) is 37.2. The number of hydrogen-bond acceptors (Lipinski definition) is 8. The van der Waals surface area contributed by atoms with Gasteiger partial charge in [-0.3, -0.25) is 9.69 Å². The van der Waals surface area contributed by atoms with Crippen LogP contribution in [0.25, 0.3) is 0 Å². The van der Waals surface area contributed by atoms with E-state index in [1.807, 2.05) is 11.9 Å². The van der Waals surface area contributed by atoms with E-state index in [0.29, 0.717) is 5.92 Å². The largest absolute Gasteiger partial charge is 0.412 e. The van der Waals surface area contributed by atoms with Crippen molar-refractivity contribution in [1.29, 1.82) is 0 Å². The quantitative estimate of drug-likeness (QED) is 0.315. The van der Waals surface area contributed by atoms with Crippen LogP contribution in [0.1, 0.15) is 33.1 Å². The summed E-state index contributed by atoms with van der Waals surface area (Å²) < 4.78 is 5.72. The number of aliphatic hydroxyl groups excluding tert-OH is 4. The van der Waals surface area contributed by atoms with E-state index in [2.05, 4.69) is 12.2 Å². The van der Waals surface area contributed by atoms with Crippen LogP contribution in [0, 0.1) is 5.92 Å². The molecule has 0 aromatic rings. The maximum atomic E-state index is 12.8. The van der Waals surface area contributed by atoms with Crippen molar-refractivity contribution >= 4 is 30.1 Å². The van der Waals surface area contributed by atoms with Crippen molar-refractivity contribution in [2.24, 2.45) is 5.92 Å². The smallest absolute Gasteiger partial charge is 0.237 e. The highest BCUT2D eigenvalue weighted by Gasteiger charge is 2.48.